The lowest BCUT2D eigenvalue weighted by atomic mass is 10.4. The summed E-state index contributed by atoms with van der Waals surface area (Å²) < 4.78 is 5.27. The van der Waals surface area contributed by atoms with E-state index in [1.54, 1.807) is 11.3 Å². The molecule has 2 heterocycles. The minimum Gasteiger partial charge on any atom is -0.378 e. The van der Waals surface area contributed by atoms with Crippen LogP contribution in [0.25, 0.3) is 0 Å². The highest BCUT2D eigenvalue weighted by atomic mass is 32.1. The van der Waals surface area contributed by atoms with Crippen molar-refractivity contribution in [2.45, 2.75) is 6.92 Å². The van der Waals surface area contributed by atoms with Crippen LogP contribution >= 0.6 is 11.3 Å². The number of aryl methyl sites for hydroxylation is 1. The highest BCUT2D eigenvalue weighted by molar-refractivity contribution is 7.15. The van der Waals surface area contributed by atoms with Gasteiger partial charge >= 0.3 is 0 Å². The number of hydrogen-bond donors (Lipinski definition) is 0. The van der Waals surface area contributed by atoms with Crippen LogP contribution in [0.1, 0.15) is 5.01 Å². The van der Waals surface area contributed by atoms with Gasteiger partial charge in [-0.25, -0.2) is 4.98 Å². The number of morpholine rings is 1. The molecule has 4 heteroatoms. The van der Waals surface area contributed by atoms with E-state index in [0.29, 0.717) is 0 Å². The molecule has 0 amide bonds. The maximum absolute atomic E-state index is 5.27. The molecule has 0 spiro atoms. The monoisotopic (exact) mass is 184 g/mol. The van der Waals surface area contributed by atoms with Crippen LogP contribution in [0.15, 0.2) is 6.20 Å². The van der Waals surface area contributed by atoms with Crippen molar-refractivity contribution >= 4 is 16.3 Å². The number of ether oxygens (including phenoxy) is 1. The van der Waals surface area contributed by atoms with E-state index in [9.17, 15) is 0 Å². The number of anilines is 1. The van der Waals surface area contributed by atoms with Gasteiger partial charge < -0.3 is 9.64 Å². The van der Waals surface area contributed by atoms with E-state index < -0.39 is 0 Å². The summed E-state index contributed by atoms with van der Waals surface area (Å²) in [6.07, 6.45) is 1.95. The summed E-state index contributed by atoms with van der Waals surface area (Å²) >= 11 is 1.75. The molecule has 0 radical (unpaired) electrons. The Balaban J connectivity index is 2.08. The van der Waals surface area contributed by atoms with Crippen molar-refractivity contribution in [2.24, 2.45) is 0 Å². The Morgan fingerprint density at radius 1 is 1.50 bits per heavy atom. The molecule has 1 aliphatic heterocycles. The van der Waals surface area contributed by atoms with Crippen molar-refractivity contribution < 1.29 is 4.74 Å². The van der Waals surface area contributed by atoms with E-state index in [1.807, 2.05) is 13.1 Å². The van der Waals surface area contributed by atoms with Crippen LogP contribution in [0.5, 0.6) is 0 Å². The Bertz CT molecular complexity index is 255. The van der Waals surface area contributed by atoms with Gasteiger partial charge in [-0.2, -0.15) is 0 Å². The number of rotatable bonds is 1. The fourth-order valence-corrected chi connectivity index (χ4v) is 2.11. The highest BCUT2D eigenvalue weighted by Crippen LogP contribution is 2.23. The van der Waals surface area contributed by atoms with E-state index in [2.05, 4.69) is 9.88 Å². The van der Waals surface area contributed by atoms with Crippen LogP contribution in [-0.4, -0.2) is 31.3 Å². The van der Waals surface area contributed by atoms with Crippen molar-refractivity contribution in [1.82, 2.24) is 4.98 Å². The van der Waals surface area contributed by atoms with E-state index >= 15 is 0 Å². The van der Waals surface area contributed by atoms with E-state index in [1.165, 1.54) is 5.00 Å². The number of hydrogen-bond acceptors (Lipinski definition) is 4. The van der Waals surface area contributed by atoms with Gasteiger partial charge in [0.25, 0.3) is 0 Å². The summed E-state index contributed by atoms with van der Waals surface area (Å²) in [4.78, 5) is 6.56. The Labute approximate surface area is 76.0 Å². The SMILES string of the molecule is Cc1ncc(N2CCOCC2)s1. The van der Waals surface area contributed by atoms with Gasteiger partial charge in [0, 0.05) is 13.1 Å². The molecule has 1 fully saturated rings. The fourth-order valence-electron chi connectivity index (χ4n) is 1.28. The van der Waals surface area contributed by atoms with Gasteiger partial charge in [-0.3, -0.25) is 0 Å². The molecular weight excluding hydrogens is 172 g/mol. The highest BCUT2D eigenvalue weighted by Gasteiger charge is 2.12. The summed E-state index contributed by atoms with van der Waals surface area (Å²) in [6, 6.07) is 0. The summed E-state index contributed by atoms with van der Waals surface area (Å²) in [6.45, 7) is 5.73. The van der Waals surface area contributed by atoms with Gasteiger partial charge in [-0.15, -0.1) is 11.3 Å². The van der Waals surface area contributed by atoms with Crippen LogP contribution in [0.2, 0.25) is 0 Å². The molecule has 1 saturated heterocycles. The molecule has 66 valence electrons. The summed E-state index contributed by atoms with van der Waals surface area (Å²) in [7, 11) is 0. The number of nitrogens with zero attached hydrogens (tertiary/aromatic N) is 2. The first-order valence-electron chi connectivity index (χ1n) is 4.11. The van der Waals surface area contributed by atoms with Crippen molar-refractivity contribution in [1.29, 1.82) is 0 Å². The largest absolute Gasteiger partial charge is 0.378 e. The topological polar surface area (TPSA) is 25.4 Å². The first kappa shape index (κ1) is 8.01. The lowest BCUT2D eigenvalue weighted by molar-refractivity contribution is 0.123. The Morgan fingerprint density at radius 3 is 2.83 bits per heavy atom. The predicted molar refractivity (Wildman–Crippen MR) is 49.9 cm³/mol. The number of thiazole rings is 1. The molecule has 0 N–H and O–H groups in total. The third-order valence-electron chi connectivity index (χ3n) is 1.93. The average molecular weight is 184 g/mol. The molecule has 3 nitrogen and oxygen atoms in total. The molecule has 0 saturated carbocycles. The standard InChI is InChI=1S/C8H12N2OS/c1-7-9-6-8(12-7)10-2-4-11-5-3-10/h6H,2-5H2,1H3. The van der Waals surface area contributed by atoms with Crippen LogP contribution in [0.3, 0.4) is 0 Å². The van der Waals surface area contributed by atoms with Gasteiger partial charge in [0.1, 0.15) is 5.00 Å². The van der Waals surface area contributed by atoms with E-state index in [4.69, 9.17) is 4.74 Å². The van der Waals surface area contributed by atoms with Crippen LogP contribution in [0.4, 0.5) is 5.00 Å². The second-order valence-electron chi connectivity index (χ2n) is 2.82. The van der Waals surface area contributed by atoms with E-state index in [-0.39, 0.29) is 0 Å². The van der Waals surface area contributed by atoms with Gasteiger partial charge in [0.05, 0.1) is 24.4 Å². The quantitative estimate of drug-likeness (QED) is 0.657. The molecule has 0 bridgehead atoms. The minimum absolute atomic E-state index is 0.844. The molecule has 0 aromatic carbocycles. The number of aromatic nitrogens is 1. The zero-order valence-corrected chi connectivity index (χ0v) is 7.93. The molecule has 0 atom stereocenters. The van der Waals surface area contributed by atoms with Crippen molar-refractivity contribution in [2.75, 3.05) is 31.2 Å². The zero-order chi connectivity index (χ0) is 8.39. The Hall–Kier alpha value is -0.610. The molecular formula is C8H12N2OS. The second-order valence-corrected chi connectivity index (χ2v) is 4.03. The van der Waals surface area contributed by atoms with Crippen LogP contribution in [-0.2, 0) is 4.74 Å². The average Bonchev–Trinajstić information content (AvgIpc) is 2.54. The molecule has 12 heavy (non-hydrogen) atoms. The van der Waals surface area contributed by atoms with Gasteiger partial charge in [0.2, 0.25) is 0 Å². The zero-order valence-electron chi connectivity index (χ0n) is 7.12. The first-order chi connectivity index (χ1) is 5.86. The van der Waals surface area contributed by atoms with Gasteiger partial charge in [-0.05, 0) is 6.92 Å². The fraction of sp³-hybridized carbons (Fsp3) is 0.625. The third kappa shape index (κ3) is 1.59. The molecule has 0 unspecified atom stereocenters. The molecule has 1 aromatic rings. The summed E-state index contributed by atoms with van der Waals surface area (Å²) in [5.41, 5.74) is 0. The van der Waals surface area contributed by atoms with Gasteiger partial charge in [-0.1, -0.05) is 0 Å². The van der Waals surface area contributed by atoms with Gasteiger partial charge in [0.15, 0.2) is 0 Å². The molecule has 0 aliphatic carbocycles. The molecule has 1 aromatic heterocycles. The van der Waals surface area contributed by atoms with Crippen molar-refractivity contribution in [3.05, 3.63) is 11.2 Å². The van der Waals surface area contributed by atoms with Crippen molar-refractivity contribution in [3.8, 4) is 0 Å². The predicted octanol–water partition coefficient (Wildman–Crippen LogP) is 1.29. The smallest absolute Gasteiger partial charge is 0.111 e. The Kier molecular flexibility index (Phi) is 2.28. The lowest BCUT2D eigenvalue weighted by Crippen LogP contribution is -2.35. The normalized spacial score (nSPS) is 18.2. The third-order valence-corrected chi connectivity index (χ3v) is 2.91. The second kappa shape index (κ2) is 3.41. The Morgan fingerprint density at radius 2 is 2.25 bits per heavy atom. The first-order valence-corrected chi connectivity index (χ1v) is 4.93. The maximum atomic E-state index is 5.27. The minimum atomic E-state index is 0.844. The van der Waals surface area contributed by atoms with Crippen LogP contribution in [0, 0.1) is 6.92 Å². The summed E-state index contributed by atoms with van der Waals surface area (Å²) in [5.74, 6) is 0. The van der Waals surface area contributed by atoms with E-state index in [0.717, 1.165) is 31.3 Å². The van der Waals surface area contributed by atoms with Crippen LogP contribution < -0.4 is 4.90 Å². The lowest BCUT2D eigenvalue weighted by Gasteiger charge is -2.26. The maximum Gasteiger partial charge on any atom is 0.111 e. The summed E-state index contributed by atoms with van der Waals surface area (Å²) in [5, 5.41) is 2.41. The molecule has 1 aliphatic rings. The van der Waals surface area contributed by atoms with Crippen molar-refractivity contribution in [3.63, 3.8) is 0 Å². The molecule has 2 rings (SSSR count).